The number of thiocarbonyl (C=S) groups is 1. The number of rotatable bonds is 0. The van der Waals surface area contributed by atoms with Crippen LogP contribution >= 0.6 is 12.2 Å². The molecule has 0 atom stereocenters. The summed E-state index contributed by atoms with van der Waals surface area (Å²) in [5.74, 6) is 0. The molecule has 0 fully saturated rings. The van der Waals surface area contributed by atoms with Crippen LogP contribution in [0.2, 0.25) is 0 Å². The summed E-state index contributed by atoms with van der Waals surface area (Å²) in [6, 6.07) is 0. The molecule has 0 aliphatic carbocycles. The van der Waals surface area contributed by atoms with E-state index in [-0.39, 0.29) is 73.9 Å². The van der Waals surface area contributed by atoms with Crippen LogP contribution in [-0.4, -0.2) is 5.05 Å². The third kappa shape index (κ3) is 24.5. The third-order valence-corrected chi connectivity index (χ3v) is 0. The van der Waals surface area contributed by atoms with Crippen LogP contribution in [0, 0.1) is 0 Å². The Balaban J connectivity index is 0. The second-order valence-corrected chi connectivity index (χ2v) is 1.07. The second-order valence-electron chi connectivity index (χ2n) is 0.492. The standard InChI is InChI=1S/C2H4OS.Cs/c1-2(3)4;/h1H3,(H,3,4);/q;+1/p-1. The molecule has 0 spiro atoms. The van der Waals surface area contributed by atoms with Crippen molar-refractivity contribution in [1.29, 1.82) is 0 Å². The molecule has 0 rings (SSSR count). The minimum Gasteiger partial charge on any atom is -0.868 e. The summed E-state index contributed by atoms with van der Waals surface area (Å²) in [5.41, 5.74) is 0. The number of hydrogen-bond donors (Lipinski definition) is 0. The molecule has 3 heteroatoms. The van der Waals surface area contributed by atoms with Crippen LogP contribution in [0.25, 0.3) is 0 Å². The van der Waals surface area contributed by atoms with Gasteiger partial charge in [0.05, 0.1) is 0 Å². The van der Waals surface area contributed by atoms with E-state index in [1.54, 1.807) is 0 Å². The zero-order valence-corrected chi connectivity index (χ0v) is 10.4. The molecule has 0 bridgehead atoms. The van der Waals surface area contributed by atoms with Crippen molar-refractivity contribution in [2.45, 2.75) is 6.92 Å². The van der Waals surface area contributed by atoms with Crippen molar-refractivity contribution in [2.75, 3.05) is 0 Å². The van der Waals surface area contributed by atoms with Gasteiger partial charge in [-0.2, -0.15) is 0 Å². The maximum atomic E-state index is 9.26. The summed E-state index contributed by atoms with van der Waals surface area (Å²) < 4.78 is 0. The van der Waals surface area contributed by atoms with Crippen LogP contribution < -0.4 is 74.0 Å². The van der Waals surface area contributed by atoms with E-state index in [2.05, 4.69) is 12.2 Å². The first-order valence-electron chi connectivity index (χ1n) is 0.908. The SMILES string of the molecule is CC([O-])=S.[Cs+]. The Hall–Kier alpha value is 1.94. The van der Waals surface area contributed by atoms with Gasteiger partial charge in [0.15, 0.2) is 0 Å². The van der Waals surface area contributed by atoms with Gasteiger partial charge in [0, 0.05) is 0 Å². The maximum Gasteiger partial charge on any atom is 1.00 e. The average Bonchev–Trinajstić information content (AvgIpc) is 0.811. The molecule has 0 aliphatic heterocycles. The van der Waals surface area contributed by atoms with Crippen molar-refractivity contribution >= 4 is 17.3 Å². The van der Waals surface area contributed by atoms with Gasteiger partial charge in [-0.3, -0.25) is 0 Å². The van der Waals surface area contributed by atoms with Gasteiger partial charge in [0.1, 0.15) is 0 Å². The van der Waals surface area contributed by atoms with Crippen molar-refractivity contribution in [2.24, 2.45) is 0 Å². The van der Waals surface area contributed by atoms with E-state index in [9.17, 15) is 5.11 Å². The van der Waals surface area contributed by atoms with Crippen molar-refractivity contribution in [1.82, 2.24) is 0 Å². The minimum atomic E-state index is -0.250. The summed E-state index contributed by atoms with van der Waals surface area (Å²) in [6.07, 6.45) is 0. The molecule has 0 heterocycles. The topological polar surface area (TPSA) is 23.1 Å². The zero-order chi connectivity index (χ0) is 3.58. The van der Waals surface area contributed by atoms with Crippen molar-refractivity contribution in [3.05, 3.63) is 0 Å². The van der Waals surface area contributed by atoms with Crippen LogP contribution in [0.1, 0.15) is 6.92 Å². The first kappa shape index (κ1) is 10.0. The Morgan fingerprint density at radius 3 is 1.80 bits per heavy atom. The van der Waals surface area contributed by atoms with Crippen molar-refractivity contribution in [3.63, 3.8) is 0 Å². The van der Waals surface area contributed by atoms with E-state index in [0.29, 0.717) is 0 Å². The largest absolute Gasteiger partial charge is 1.00 e. The zero-order valence-electron chi connectivity index (χ0n) is 3.32. The predicted molar refractivity (Wildman–Crippen MR) is 18.3 cm³/mol. The average molecular weight is 208 g/mol. The molecule has 24 valence electrons. The summed E-state index contributed by atoms with van der Waals surface area (Å²) in [7, 11) is 0. The molecule has 0 saturated heterocycles. The first-order valence-corrected chi connectivity index (χ1v) is 1.32. The van der Waals surface area contributed by atoms with Gasteiger partial charge in [0.2, 0.25) is 0 Å². The van der Waals surface area contributed by atoms with E-state index < -0.39 is 0 Å². The van der Waals surface area contributed by atoms with Crippen LogP contribution in [0.15, 0.2) is 0 Å². The smallest absolute Gasteiger partial charge is 0.868 e. The van der Waals surface area contributed by atoms with E-state index in [0.717, 1.165) is 0 Å². The molecule has 5 heavy (non-hydrogen) atoms. The fourth-order valence-corrected chi connectivity index (χ4v) is 0. The molecule has 1 nitrogen and oxygen atoms in total. The Kier molecular flexibility index (Phi) is 11.9. The molecular formula is C2H3CsOS. The third-order valence-electron chi connectivity index (χ3n) is 0. The van der Waals surface area contributed by atoms with Gasteiger partial charge in [0.25, 0.3) is 0 Å². The van der Waals surface area contributed by atoms with Gasteiger partial charge >= 0.3 is 68.9 Å². The van der Waals surface area contributed by atoms with Crippen molar-refractivity contribution < 1.29 is 74.0 Å². The van der Waals surface area contributed by atoms with Crippen molar-refractivity contribution in [3.8, 4) is 0 Å². The molecule has 0 radical (unpaired) electrons. The van der Waals surface area contributed by atoms with Gasteiger partial charge in [-0.1, -0.05) is 5.05 Å². The fourth-order valence-electron chi connectivity index (χ4n) is 0. The van der Waals surface area contributed by atoms with Crippen LogP contribution in [-0.2, 0) is 0 Å². The molecule has 0 amide bonds. The van der Waals surface area contributed by atoms with E-state index in [1.807, 2.05) is 0 Å². The Bertz CT molecular complexity index is 32.6. The molecule has 0 aromatic rings. The first-order chi connectivity index (χ1) is 1.73. The van der Waals surface area contributed by atoms with Gasteiger partial charge < -0.3 is 5.11 Å². The summed E-state index contributed by atoms with van der Waals surface area (Å²) in [5, 5.41) is 9.01. The normalized spacial score (nSPS) is 5.00. The van der Waals surface area contributed by atoms with Gasteiger partial charge in [-0.25, -0.2) is 0 Å². The van der Waals surface area contributed by atoms with Gasteiger partial charge in [-0.15, -0.1) is 12.2 Å². The molecule has 0 aromatic heterocycles. The summed E-state index contributed by atoms with van der Waals surface area (Å²) >= 11 is 3.98. The molecule has 0 aliphatic rings. The quantitative estimate of drug-likeness (QED) is 0.389. The van der Waals surface area contributed by atoms with E-state index in [4.69, 9.17) is 0 Å². The Morgan fingerprint density at radius 1 is 1.80 bits per heavy atom. The van der Waals surface area contributed by atoms with Crippen LogP contribution in [0.4, 0.5) is 0 Å². The van der Waals surface area contributed by atoms with E-state index in [1.165, 1.54) is 6.92 Å². The van der Waals surface area contributed by atoms with Crippen LogP contribution in [0.5, 0.6) is 0 Å². The molecule has 0 aromatic carbocycles. The maximum absolute atomic E-state index is 9.26. The monoisotopic (exact) mass is 208 g/mol. The van der Waals surface area contributed by atoms with Gasteiger partial charge in [-0.05, 0) is 6.92 Å². The molecular weight excluding hydrogens is 205 g/mol. The fraction of sp³-hybridized carbons (Fsp3) is 0.500. The Labute approximate surface area is 95.6 Å². The summed E-state index contributed by atoms with van der Waals surface area (Å²) in [4.78, 5) is 0. The predicted octanol–water partition coefficient (Wildman–Crippen LogP) is -3.30. The van der Waals surface area contributed by atoms with E-state index >= 15 is 0 Å². The number of hydrogen-bond acceptors (Lipinski definition) is 2. The second kappa shape index (κ2) is 5.94. The summed E-state index contributed by atoms with van der Waals surface area (Å²) in [6.45, 7) is 1.34. The minimum absolute atomic E-state index is 0. The Morgan fingerprint density at radius 2 is 1.80 bits per heavy atom. The van der Waals surface area contributed by atoms with Crippen LogP contribution in [0.3, 0.4) is 0 Å². The molecule has 0 N–H and O–H groups in total. The molecule has 0 unspecified atom stereocenters. The molecule has 0 saturated carbocycles.